The number of amides is 1. The Balaban J connectivity index is 1.86. The van der Waals surface area contributed by atoms with E-state index in [4.69, 9.17) is 5.11 Å². The van der Waals surface area contributed by atoms with Crippen molar-refractivity contribution in [1.82, 2.24) is 20.1 Å². The Bertz CT molecular complexity index is 651. The SMILES string of the molecule is Cn1cnnc1CCNC(=O)c1csc(C#CCO)c1. The summed E-state index contributed by atoms with van der Waals surface area (Å²) in [6.45, 7) is 0.315. The Kier molecular flexibility index (Phi) is 4.87. The standard InChI is InChI=1S/C13H14N4O2S/c1-17-9-15-16-12(17)4-5-14-13(19)10-7-11(20-8-10)3-2-6-18/h7-9,18H,4-6H2,1H3,(H,14,19). The van der Waals surface area contributed by atoms with Crippen molar-refractivity contribution in [3.05, 3.63) is 34.0 Å². The van der Waals surface area contributed by atoms with E-state index in [2.05, 4.69) is 27.4 Å². The third kappa shape index (κ3) is 3.66. The number of aryl methyl sites for hydroxylation is 1. The zero-order chi connectivity index (χ0) is 14.4. The molecule has 0 aromatic carbocycles. The molecule has 0 atom stereocenters. The average Bonchev–Trinajstić information content (AvgIpc) is 3.06. The first-order valence-electron chi connectivity index (χ1n) is 6.00. The van der Waals surface area contributed by atoms with Gasteiger partial charge in [0.1, 0.15) is 18.8 Å². The lowest BCUT2D eigenvalue weighted by molar-refractivity contribution is 0.0954. The van der Waals surface area contributed by atoms with Crippen molar-refractivity contribution in [2.24, 2.45) is 7.05 Å². The van der Waals surface area contributed by atoms with Crippen molar-refractivity contribution in [1.29, 1.82) is 0 Å². The van der Waals surface area contributed by atoms with E-state index >= 15 is 0 Å². The number of rotatable bonds is 4. The third-order valence-corrected chi connectivity index (χ3v) is 3.44. The molecule has 0 bridgehead atoms. The van der Waals surface area contributed by atoms with Crippen molar-refractivity contribution in [2.75, 3.05) is 13.2 Å². The molecule has 0 aliphatic rings. The van der Waals surface area contributed by atoms with E-state index in [1.807, 2.05) is 11.6 Å². The maximum Gasteiger partial charge on any atom is 0.252 e. The molecule has 7 heteroatoms. The maximum absolute atomic E-state index is 11.9. The maximum atomic E-state index is 11.9. The van der Waals surface area contributed by atoms with Gasteiger partial charge in [-0.05, 0) is 6.07 Å². The van der Waals surface area contributed by atoms with E-state index in [9.17, 15) is 4.79 Å². The van der Waals surface area contributed by atoms with Gasteiger partial charge in [-0.25, -0.2) is 0 Å². The molecule has 0 spiro atoms. The minimum absolute atomic E-state index is 0.138. The number of carbonyl (C=O) groups is 1. The summed E-state index contributed by atoms with van der Waals surface area (Å²) in [5.41, 5.74) is 0.579. The van der Waals surface area contributed by atoms with Crippen LogP contribution < -0.4 is 5.32 Å². The van der Waals surface area contributed by atoms with Gasteiger partial charge in [-0.15, -0.1) is 21.5 Å². The summed E-state index contributed by atoms with van der Waals surface area (Å²) in [6.07, 6.45) is 2.26. The third-order valence-electron chi connectivity index (χ3n) is 2.59. The Morgan fingerprint density at radius 3 is 3.15 bits per heavy atom. The van der Waals surface area contributed by atoms with Crippen molar-refractivity contribution in [2.45, 2.75) is 6.42 Å². The van der Waals surface area contributed by atoms with Crippen molar-refractivity contribution < 1.29 is 9.90 Å². The molecule has 6 nitrogen and oxygen atoms in total. The van der Waals surface area contributed by atoms with Crippen LogP contribution in [0.1, 0.15) is 21.1 Å². The highest BCUT2D eigenvalue weighted by molar-refractivity contribution is 7.10. The summed E-state index contributed by atoms with van der Waals surface area (Å²) < 4.78 is 1.82. The number of carbonyl (C=O) groups excluding carboxylic acids is 1. The van der Waals surface area contributed by atoms with Gasteiger partial charge >= 0.3 is 0 Å². The van der Waals surface area contributed by atoms with Gasteiger partial charge in [0.15, 0.2) is 0 Å². The number of aromatic nitrogens is 3. The molecule has 1 amide bonds. The molecule has 0 fully saturated rings. The zero-order valence-electron chi connectivity index (χ0n) is 11.0. The van der Waals surface area contributed by atoms with Crippen molar-refractivity contribution in [3.8, 4) is 11.8 Å². The van der Waals surface area contributed by atoms with E-state index in [0.717, 1.165) is 10.7 Å². The summed E-state index contributed by atoms with van der Waals surface area (Å²) in [5.74, 6) is 6.01. The fourth-order valence-corrected chi connectivity index (χ4v) is 2.33. The molecule has 2 heterocycles. The summed E-state index contributed by atoms with van der Waals surface area (Å²) in [4.78, 5) is 12.7. The summed E-state index contributed by atoms with van der Waals surface area (Å²) in [5, 5.41) is 20.9. The topological polar surface area (TPSA) is 80.0 Å². The Hall–Kier alpha value is -2.17. The van der Waals surface area contributed by atoms with Crippen LogP contribution in [0.2, 0.25) is 0 Å². The molecule has 2 aromatic heterocycles. The number of nitrogens with one attached hydrogen (secondary N) is 1. The van der Waals surface area contributed by atoms with E-state index in [1.54, 1.807) is 17.8 Å². The average molecular weight is 290 g/mol. The van der Waals surface area contributed by atoms with E-state index in [-0.39, 0.29) is 12.5 Å². The van der Waals surface area contributed by atoms with E-state index < -0.39 is 0 Å². The summed E-state index contributed by atoms with van der Waals surface area (Å²) in [7, 11) is 1.86. The van der Waals surface area contributed by atoms with Gasteiger partial charge in [0.2, 0.25) is 0 Å². The molecule has 0 aliphatic carbocycles. The quantitative estimate of drug-likeness (QED) is 0.788. The summed E-state index contributed by atoms with van der Waals surface area (Å²) >= 11 is 1.38. The van der Waals surface area contributed by atoms with Crippen LogP contribution in [0.15, 0.2) is 17.8 Å². The van der Waals surface area contributed by atoms with Crippen LogP contribution in [0.4, 0.5) is 0 Å². The molecule has 0 unspecified atom stereocenters. The summed E-state index contributed by atoms with van der Waals surface area (Å²) in [6, 6.07) is 1.71. The second-order valence-corrected chi connectivity index (χ2v) is 4.93. The van der Waals surface area contributed by atoms with Crippen LogP contribution >= 0.6 is 11.3 Å². The molecular formula is C13H14N4O2S. The molecule has 2 aromatic rings. The lowest BCUT2D eigenvalue weighted by atomic mass is 10.3. The Labute approximate surface area is 120 Å². The normalized spacial score (nSPS) is 9.90. The molecule has 20 heavy (non-hydrogen) atoms. The van der Waals surface area contributed by atoms with Gasteiger partial charge in [-0.3, -0.25) is 4.79 Å². The highest BCUT2D eigenvalue weighted by Gasteiger charge is 2.08. The number of aliphatic hydroxyl groups excluding tert-OH is 1. The smallest absolute Gasteiger partial charge is 0.252 e. The van der Waals surface area contributed by atoms with Gasteiger partial charge in [-0.1, -0.05) is 11.8 Å². The van der Waals surface area contributed by atoms with Gasteiger partial charge in [-0.2, -0.15) is 0 Å². The monoisotopic (exact) mass is 290 g/mol. The predicted octanol–water partition coefficient (Wildman–Crippen LogP) is 0.193. The van der Waals surface area contributed by atoms with Crippen LogP contribution in [0.25, 0.3) is 0 Å². The van der Waals surface area contributed by atoms with Crippen LogP contribution in [0, 0.1) is 11.8 Å². The predicted molar refractivity (Wildman–Crippen MR) is 75.3 cm³/mol. The van der Waals surface area contributed by atoms with Crippen LogP contribution in [0.5, 0.6) is 0 Å². The Morgan fingerprint density at radius 2 is 2.45 bits per heavy atom. The van der Waals surface area contributed by atoms with Crippen molar-refractivity contribution >= 4 is 17.2 Å². The number of hydrogen-bond donors (Lipinski definition) is 2. The Morgan fingerprint density at radius 1 is 1.60 bits per heavy atom. The van der Waals surface area contributed by atoms with Crippen LogP contribution in [0.3, 0.4) is 0 Å². The highest BCUT2D eigenvalue weighted by Crippen LogP contribution is 2.13. The van der Waals surface area contributed by atoms with Crippen LogP contribution in [-0.4, -0.2) is 38.9 Å². The molecule has 0 saturated carbocycles. The number of aliphatic hydroxyl groups is 1. The molecule has 104 valence electrons. The molecule has 0 aliphatic heterocycles. The van der Waals surface area contributed by atoms with E-state index in [0.29, 0.717) is 18.5 Å². The first kappa shape index (κ1) is 14.2. The number of nitrogens with zero attached hydrogens (tertiary/aromatic N) is 3. The lowest BCUT2D eigenvalue weighted by Crippen LogP contribution is -2.25. The van der Waals surface area contributed by atoms with Crippen molar-refractivity contribution in [3.63, 3.8) is 0 Å². The first-order chi connectivity index (χ1) is 9.70. The van der Waals surface area contributed by atoms with Gasteiger partial charge in [0, 0.05) is 25.4 Å². The second kappa shape index (κ2) is 6.84. The second-order valence-electron chi connectivity index (χ2n) is 4.02. The number of hydrogen-bond acceptors (Lipinski definition) is 5. The first-order valence-corrected chi connectivity index (χ1v) is 6.88. The lowest BCUT2D eigenvalue weighted by Gasteiger charge is -2.03. The van der Waals surface area contributed by atoms with Gasteiger partial charge < -0.3 is 15.0 Å². The molecular weight excluding hydrogens is 276 g/mol. The van der Waals surface area contributed by atoms with Gasteiger partial charge in [0.05, 0.1) is 10.4 Å². The van der Waals surface area contributed by atoms with E-state index in [1.165, 1.54) is 11.3 Å². The molecule has 2 rings (SSSR count). The fourth-order valence-electron chi connectivity index (χ4n) is 1.57. The zero-order valence-corrected chi connectivity index (χ0v) is 11.8. The molecule has 2 N–H and O–H groups in total. The minimum atomic E-state index is -0.183. The highest BCUT2D eigenvalue weighted by atomic mass is 32.1. The molecule has 0 saturated heterocycles. The largest absolute Gasteiger partial charge is 0.384 e. The minimum Gasteiger partial charge on any atom is -0.384 e. The molecule has 0 radical (unpaired) electrons. The number of thiophene rings is 1. The van der Waals surface area contributed by atoms with Gasteiger partial charge in [0.25, 0.3) is 5.91 Å². The fraction of sp³-hybridized carbons (Fsp3) is 0.308. The van der Waals surface area contributed by atoms with Crippen LogP contribution in [-0.2, 0) is 13.5 Å².